The van der Waals surface area contributed by atoms with Gasteiger partial charge in [-0.25, -0.2) is 4.79 Å². The van der Waals surface area contributed by atoms with E-state index in [0.717, 1.165) is 0 Å². The lowest BCUT2D eigenvalue weighted by Gasteiger charge is -2.42. The molecule has 0 saturated carbocycles. The standard InChI is InChI=1S/C13H16N2O4/c1-13(2)8-19-7-6-15(13)11(16)10-9(12(17)18)4-3-5-14-10/h3-5H,6-8H2,1-2H3,(H,17,18). The fourth-order valence-electron chi connectivity index (χ4n) is 2.11. The van der Waals surface area contributed by atoms with Crippen molar-refractivity contribution in [1.82, 2.24) is 9.88 Å². The molecule has 19 heavy (non-hydrogen) atoms. The molecule has 0 unspecified atom stereocenters. The van der Waals surface area contributed by atoms with Crippen molar-refractivity contribution in [2.45, 2.75) is 19.4 Å². The first kappa shape index (κ1) is 13.5. The van der Waals surface area contributed by atoms with Crippen molar-refractivity contribution in [3.63, 3.8) is 0 Å². The van der Waals surface area contributed by atoms with Gasteiger partial charge in [0.05, 0.1) is 24.3 Å². The monoisotopic (exact) mass is 264 g/mol. The van der Waals surface area contributed by atoms with Gasteiger partial charge in [0.25, 0.3) is 5.91 Å². The molecule has 2 heterocycles. The van der Waals surface area contributed by atoms with Crippen molar-refractivity contribution >= 4 is 11.9 Å². The lowest BCUT2D eigenvalue weighted by molar-refractivity contribution is -0.0373. The van der Waals surface area contributed by atoms with E-state index in [4.69, 9.17) is 9.84 Å². The molecule has 1 aliphatic rings. The highest BCUT2D eigenvalue weighted by Gasteiger charge is 2.36. The maximum absolute atomic E-state index is 12.5. The lowest BCUT2D eigenvalue weighted by atomic mass is 10.0. The van der Waals surface area contributed by atoms with Crippen molar-refractivity contribution < 1.29 is 19.4 Å². The fraction of sp³-hybridized carbons (Fsp3) is 0.462. The zero-order chi connectivity index (χ0) is 14.0. The number of carboxylic acids is 1. The predicted molar refractivity (Wildman–Crippen MR) is 67.1 cm³/mol. The summed E-state index contributed by atoms with van der Waals surface area (Å²) in [6.45, 7) is 5.07. The summed E-state index contributed by atoms with van der Waals surface area (Å²) < 4.78 is 5.35. The van der Waals surface area contributed by atoms with E-state index in [0.29, 0.717) is 19.8 Å². The van der Waals surface area contributed by atoms with Crippen LogP contribution in [0.4, 0.5) is 0 Å². The second-order valence-electron chi connectivity index (χ2n) is 5.03. The first-order chi connectivity index (χ1) is 8.93. The number of aromatic carboxylic acids is 1. The molecule has 0 aromatic carbocycles. The molecule has 2 rings (SSSR count). The summed E-state index contributed by atoms with van der Waals surface area (Å²) in [7, 11) is 0. The van der Waals surface area contributed by atoms with Gasteiger partial charge in [-0.2, -0.15) is 0 Å². The zero-order valence-electron chi connectivity index (χ0n) is 10.9. The third kappa shape index (κ3) is 2.58. The van der Waals surface area contributed by atoms with Gasteiger partial charge in [-0.3, -0.25) is 9.78 Å². The number of nitrogens with zero attached hydrogens (tertiary/aromatic N) is 2. The van der Waals surface area contributed by atoms with Crippen LogP contribution in [0.5, 0.6) is 0 Å². The molecule has 1 aromatic heterocycles. The normalized spacial score (nSPS) is 18.1. The number of aromatic nitrogens is 1. The van der Waals surface area contributed by atoms with Crippen LogP contribution in [-0.4, -0.2) is 52.2 Å². The topological polar surface area (TPSA) is 79.7 Å². The minimum Gasteiger partial charge on any atom is -0.478 e. The van der Waals surface area contributed by atoms with E-state index in [9.17, 15) is 9.59 Å². The number of carbonyl (C=O) groups is 2. The summed E-state index contributed by atoms with van der Waals surface area (Å²) in [6.07, 6.45) is 1.42. The molecule has 1 N–H and O–H groups in total. The molecular formula is C13H16N2O4. The van der Waals surface area contributed by atoms with Gasteiger partial charge in [0.2, 0.25) is 0 Å². The van der Waals surface area contributed by atoms with Crippen molar-refractivity contribution in [1.29, 1.82) is 0 Å². The molecular weight excluding hydrogens is 248 g/mol. The highest BCUT2D eigenvalue weighted by molar-refractivity contribution is 6.03. The summed E-state index contributed by atoms with van der Waals surface area (Å²) in [5, 5.41) is 9.11. The van der Waals surface area contributed by atoms with Gasteiger partial charge in [0.1, 0.15) is 5.69 Å². The summed E-state index contributed by atoms with van der Waals surface area (Å²) in [4.78, 5) is 29.2. The van der Waals surface area contributed by atoms with Gasteiger partial charge in [-0.15, -0.1) is 0 Å². The number of pyridine rings is 1. The van der Waals surface area contributed by atoms with Crippen LogP contribution in [0.1, 0.15) is 34.7 Å². The Morgan fingerprint density at radius 3 is 2.84 bits per heavy atom. The van der Waals surface area contributed by atoms with Crippen molar-refractivity contribution in [2.75, 3.05) is 19.8 Å². The lowest BCUT2D eigenvalue weighted by Crippen LogP contribution is -2.55. The minimum atomic E-state index is -1.15. The molecule has 1 fully saturated rings. The Kier molecular flexibility index (Phi) is 3.53. The third-order valence-electron chi connectivity index (χ3n) is 3.13. The van der Waals surface area contributed by atoms with Gasteiger partial charge in [0, 0.05) is 12.7 Å². The minimum absolute atomic E-state index is 0.0232. The molecule has 0 aliphatic carbocycles. The van der Waals surface area contributed by atoms with Crippen molar-refractivity contribution in [2.24, 2.45) is 0 Å². The SMILES string of the molecule is CC1(C)COCCN1C(=O)c1ncccc1C(=O)O. The molecule has 0 spiro atoms. The first-order valence-corrected chi connectivity index (χ1v) is 6.01. The van der Waals surface area contributed by atoms with E-state index in [-0.39, 0.29) is 17.2 Å². The van der Waals surface area contributed by atoms with Crippen LogP contribution in [-0.2, 0) is 4.74 Å². The van der Waals surface area contributed by atoms with Crippen molar-refractivity contribution in [3.05, 3.63) is 29.6 Å². The summed E-state index contributed by atoms with van der Waals surface area (Å²) in [5.41, 5.74) is -0.567. The molecule has 6 heteroatoms. The molecule has 0 radical (unpaired) electrons. The van der Waals surface area contributed by atoms with Gasteiger partial charge in [-0.1, -0.05) is 0 Å². The van der Waals surface area contributed by atoms with E-state index >= 15 is 0 Å². The Labute approximate surface area is 111 Å². The molecule has 1 aromatic rings. The van der Waals surface area contributed by atoms with Crippen LogP contribution in [0, 0.1) is 0 Å². The molecule has 1 saturated heterocycles. The maximum atomic E-state index is 12.5. The number of ether oxygens (including phenoxy) is 1. The number of amides is 1. The van der Waals surface area contributed by atoms with Crippen LogP contribution in [0.25, 0.3) is 0 Å². The first-order valence-electron chi connectivity index (χ1n) is 6.01. The molecule has 0 atom stereocenters. The Hall–Kier alpha value is -1.95. The largest absolute Gasteiger partial charge is 0.478 e. The number of carbonyl (C=O) groups excluding carboxylic acids is 1. The van der Waals surface area contributed by atoms with Crippen LogP contribution >= 0.6 is 0 Å². The quantitative estimate of drug-likeness (QED) is 0.863. The Morgan fingerprint density at radius 1 is 1.47 bits per heavy atom. The number of morpholine rings is 1. The van der Waals surface area contributed by atoms with Gasteiger partial charge < -0.3 is 14.7 Å². The van der Waals surface area contributed by atoms with E-state index < -0.39 is 11.5 Å². The average molecular weight is 264 g/mol. The fourth-order valence-corrected chi connectivity index (χ4v) is 2.11. The molecule has 6 nitrogen and oxygen atoms in total. The van der Waals surface area contributed by atoms with E-state index in [2.05, 4.69) is 4.98 Å². The van der Waals surface area contributed by atoms with Crippen LogP contribution < -0.4 is 0 Å². The molecule has 0 bridgehead atoms. The highest BCUT2D eigenvalue weighted by atomic mass is 16.5. The smallest absolute Gasteiger partial charge is 0.338 e. The number of hydrogen-bond donors (Lipinski definition) is 1. The Morgan fingerprint density at radius 2 is 2.21 bits per heavy atom. The van der Waals surface area contributed by atoms with E-state index in [1.54, 1.807) is 4.90 Å². The summed E-state index contributed by atoms with van der Waals surface area (Å²) in [5.74, 6) is -1.52. The molecule has 1 amide bonds. The molecule has 102 valence electrons. The maximum Gasteiger partial charge on any atom is 0.338 e. The van der Waals surface area contributed by atoms with Gasteiger partial charge in [-0.05, 0) is 26.0 Å². The van der Waals surface area contributed by atoms with Crippen LogP contribution in [0.15, 0.2) is 18.3 Å². The zero-order valence-corrected chi connectivity index (χ0v) is 10.9. The van der Waals surface area contributed by atoms with E-state index in [1.165, 1.54) is 18.3 Å². The number of rotatable bonds is 2. The summed E-state index contributed by atoms with van der Waals surface area (Å²) in [6, 6.07) is 2.89. The summed E-state index contributed by atoms with van der Waals surface area (Å²) >= 11 is 0. The van der Waals surface area contributed by atoms with Gasteiger partial charge in [0.15, 0.2) is 0 Å². The Bertz CT molecular complexity index is 513. The highest BCUT2D eigenvalue weighted by Crippen LogP contribution is 2.22. The third-order valence-corrected chi connectivity index (χ3v) is 3.13. The number of hydrogen-bond acceptors (Lipinski definition) is 4. The van der Waals surface area contributed by atoms with Crippen LogP contribution in [0.2, 0.25) is 0 Å². The molecule has 1 aliphatic heterocycles. The van der Waals surface area contributed by atoms with Gasteiger partial charge >= 0.3 is 5.97 Å². The second kappa shape index (κ2) is 4.97. The van der Waals surface area contributed by atoms with Crippen molar-refractivity contribution in [3.8, 4) is 0 Å². The predicted octanol–water partition coefficient (Wildman–Crippen LogP) is 1.03. The number of carboxylic acid groups (broad SMARTS) is 1. The average Bonchev–Trinajstić information content (AvgIpc) is 2.37. The second-order valence-corrected chi connectivity index (χ2v) is 5.03. The van der Waals surface area contributed by atoms with Crippen LogP contribution in [0.3, 0.4) is 0 Å². The Balaban J connectivity index is 2.36. The van der Waals surface area contributed by atoms with E-state index in [1.807, 2.05) is 13.8 Å².